The Labute approximate surface area is 152 Å². The lowest BCUT2D eigenvalue weighted by molar-refractivity contribution is 0.502. The summed E-state index contributed by atoms with van der Waals surface area (Å²) < 4.78 is 6.74. The van der Waals surface area contributed by atoms with Crippen LogP contribution in [0, 0.1) is 0 Å². The van der Waals surface area contributed by atoms with E-state index in [0.717, 1.165) is 35.0 Å². The molecule has 2 aromatic carbocycles. The highest BCUT2D eigenvalue weighted by atomic mass is 28.4. The summed E-state index contributed by atoms with van der Waals surface area (Å²) >= 11 is 0. The molecule has 2 aromatic rings. The van der Waals surface area contributed by atoms with E-state index in [9.17, 15) is 0 Å². The number of benzene rings is 2. The normalized spacial score (nSPS) is 11.6. The third-order valence-corrected chi connectivity index (χ3v) is 7.78. The molecule has 0 saturated carbocycles. The number of allylic oxidation sites excluding steroid dienone is 3. The molecule has 0 bridgehead atoms. The molecule has 25 heavy (non-hydrogen) atoms. The first-order valence-corrected chi connectivity index (χ1v) is 11.1. The van der Waals surface area contributed by atoms with Crippen LogP contribution >= 0.6 is 0 Å². The molecule has 2 rings (SSSR count). The summed E-state index contributed by atoms with van der Waals surface area (Å²) in [4.78, 5) is 0. The second-order valence-corrected chi connectivity index (χ2v) is 9.84. The van der Waals surface area contributed by atoms with Crippen LogP contribution in [-0.2, 0) is 4.43 Å². The van der Waals surface area contributed by atoms with Crippen molar-refractivity contribution in [3.63, 3.8) is 0 Å². The van der Waals surface area contributed by atoms with Crippen molar-refractivity contribution in [3.8, 4) is 0 Å². The Bertz CT molecular complexity index is 690. The Hall–Kier alpha value is -2.58. The van der Waals surface area contributed by atoms with E-state index >= 15 is 0 Å². The molecule has 0 N–H and O–H groups in total. The summed E-state index contributed by atoms with van der Waals surface area (Å²) in [5.74, 6) is 0.906. The number of hydrogen-bond acceptors (Lipinski definition) is 1. The number of rotatable bonds is 10. The first-order chi connectivity index (χ1) is 12.2. The van der Waals surface area contributed by atoms with Crippen LogP contribution in [0.1, 0.15) is 11.1 Å². The topological polar surface area (TPSA) is 9.23 Å². The molecule has 0 radical (unpaired) electrons. The molecule has 0 atom stereocenters. The zero-order chi connectivity index (χ0) is 18.0. The van der Waals surface area contributed by atoms with Crippen LogP contribution in [0.5, 0.6) is 0 Å². The first-order valence-electron chi connectivity index (χ1n) is 8.57. The molecule has 0 unspecified atom stereocenters. The lowest BCUT2D eigenvalue weighted by Gasteiger charge is -2.31. The van der Waals surface area contributed by atoms with Gasteiger partial charge in [0.2, 0.25) is 0 Å². The van der Waals surface area contributed by atoms with Gasteiger partial charge in [0.05, 0.1) is 0 Å². The van der Waals surface area contributed by atoms with Gasteiger partial charge in [-0.2, -0.15) is 0 Å². The van der Waals surface area contributed by atoms with Gasteiger partial charge in [-0.3, -0.25) is 0 Å². The molecule has 0 aliphatic heterocycles. The minimum atomic E-state index is -2.12. The van der Waals surface area contributed by atoms with Crippen LogP contribution in [0.3, 0.4) is 0 Å². The zero-order valence-corrected chi connectivity index (χ0v) is 15.7. The van der Waals surface area contributed by atoms with E-state index < -0.39 is 8.32 Å². The molecule has 128 valence electrons. The maximum Gasteiger partial charge on any atom is 0.262 e. The van der Waals surface area contributed by atoms with E-state index in [1.807, 2.05) is 54.6 Å². The molecule has 0 spiro atoms. The molecule has 0 saturated heterocycles. The van der Waals surface area contributed by atoms with Crippen molar-refractivity contribution in [2.24, 2.45) is 0 Å². The van der Waals surface area contributed by atoms with Gasteiger partial charge in [0.1, 0.15) is 5.76 Å². The quantitative estimate of drug-likeness (QED) is 0.201. The van der Waals surface area contributed by atoms with E-state index in [-0.39, 0.29) is 0 Å². The second-order valence-electron chi connectivity index (χ2n) is 6.05. The van der Waals surface area contributed by atoms with Crippen LogP contribution in [0.25, 0.3) is 11.8 Å². The summed E-state index contributed by atoms with van der Waals surface area (Å²) in [5.41, 5.74) is 2.21. The van der Waals surface area contributed by atoms with Crippen molar-refractivity contribution < 1.29 is 4.43 Å². The predicted octanol–water partition coefficient (Wildman–Crippen LogP) is 6.70. The second kappa shape index (κ2) is 9.65. The first kappa shape index (κ1) is 18.8. The SMILES string of the molecule is C=CC[Si](CC=C)(CC=C)O/C(=C/c1ccccc1)c1ccccc1. The van der Waals surface area contributed by atoms with Gasteiger partial charge in [0, 0.05) is 5.56 Å². The largest absolute Gasteiger partial charge is 0.542 e. The standard InChI is InChI=1S/C23H26OSi/c1-4-17-25(18-5-2,19-6-3)24-23(22-15-11-8-12-16-22)20-21-13-9-7-10-14-21/h4-16,20H,1-3,17-19H2/b23-20+. The van der Waals surface area contributed by atoms with E-state index in [1.54, 1.807) is 0 Å². The van der Waals surface area contributed by atoms with Crippen molar-refractivity contribution in [2.45, 2.75) is 18.1 Å². The Morgan fingerprint density at radius 3 is 1.72 bits per heavy atom. The van der Waals surface area contributed by atoms with Crippen LogP contribution in [0.15, 0.2) is 98.6 Å². The van der Waals surface area contributed by atoms with Crippen LogP contribution in [0.4, 0.5) is 0 Å². The van der Waals surface area contributed by atoms with Crippen molar-refractivity contribution in [1.82, 2.24) is 0 Å². The average molecular weight is 347 g/mol. The summed E-state index contributed by atoms with van der Waals surface area (Å²) in [7, 11) is -2.12. The Morgan fingerprint density at radius 1 is 0.760 bits per heavy atom. The van der Waals surface area contributed by atoms with E-state index in [2.05, 4.69) is 50.1 Å². The average Bonchev–Trinajstić information content (AvgIpc) is 2.63. The van der Waals surface area contributed by atoms with Crippen molar-refractivity contribution >= 4 is 20.2 Å². The third kappa shape index (κ3) is 5.47. The monoisotopic (exact) mass is 346 g/mol. The maximum absolute atomic E-state index is 6.74. The smallest absolute Gasteiger partial charge is 0.262 e. The lowest BCUT2D eigenvalue weighted by Crippen LogP contribution is -2.35. The molecule has 0 aliphatic rings. The lowest BCUT2D eigenvalue weighted by atomic mass is 10.1. The van der Waals surface area contributed by atoms with Crippen LogP contribution in [0.2, 0.25) is 18.1 Å². The van der Waals surface area contributed by atoms with Gasteiger partial charge in [-0.05, 0) is 29.8 Å². The summed E-state index contributed by atoms with van der Waals surface area (Å²) in [6.45, 7) is 11.8. The minimum absolute atomic E-state index is 0.865. The van der Waals surface area contributed by atoms with Crippen LogP contribution < -0.4 is 0 Å². The van der Waals surface area contributed by atoms with Crippen molar-refractivity contribution in [3.05, 3.63) is 110 Å². The maximum atomic E-state index is 6.74. The Balaban J connectivity index is 2.46. The van der Waals surface area contributed by atoms with Gasteiger partial charge >= 0.3 is 0 Å². The molecule has 0 aliphatic carbocycles. The number of hydrogen-bond donors (Lipinski definition) is 0. The molecular formula is C23H26OSi. The third-order valence-electron chi connectivity index (χ3n) is 4.03. The van der Waals surface area contributed by atoms with Crippen molar-refractivity contribution in [2.75, 3.05) is 0 Å². The highest BCUT2D eigenvalue weighted by Gasteiger charge is 2.34. The summed E-state index contributed by atoms with van der Waals surface area (Å²) in [6.07, 6.45) is 8.01. The van der Waals surface area contributed by atoms with Gasteiger partial charge in [0.15, 0.2) is 0 Å². The highest BCUT2D eigenvalue weighted by Crippen LogP contribution is 2.32. The fourth-order valence-electron chi connectivity index (χ4n) is 2.87. The van der Waals surface area contributed by atoms with E-state index in [0.29, 0.717) is 0 Å². The van der Waals surface area contributed by atoms with Gasteiger partial charge in [-0.15, -0.1) is 19.7 Å². The molecule has 0 aromatic heterocycles. The molecule has 2 heteroatoms. The fourth-order valence-corrected chi connectivity index (χ4v) is 5.84. The molecular weight excluding hydrogens is 320 g/mol. The van der Waals surface area contributed by atoms with Gasteiger partial charge < -0.3 is 4.43 Å². The molecule has 0 amide bonds. The fraction of sp³-hybridized carbons (Fsp3) is 0.130. The predicted molar refractivity (Wildman–Crippen MR) is 113 cm³/mol. The summed E-state index contributed by atoms with van der Waals surface area (Å²) in [6, 6.07) is 23.1. The van der Waals surface area contributed by atoms with E-state index in [1.165, 1.54) is 0 Å². The molecule has 0 heterocycles. The minimum Gasteiger partial charge on any atom is -0.542 e. The molecule has 0 fully saturated rings. The van der Waals surface area contributed by atoms with Crippen molar-refractivity contribution in [1.29, 1.82) is 0 Å². The molecule has 1 nitrogen and oxygen atoms in total. The highest BCUT2D eigenvalue weighted by molar-refractivity contribution is 6.75. The Morgan fingerprint density at radius 2 is 1.24 bits per heavy atom. The van der Waals surface area contributed by atoms with Crippen LogP contribution in [-0.4, -0.2) is 8.32 Å². The Kier molecular flexibility index (Phi) is 7.24. The van der Waals surface area contributed by atoms with Gasteiger partial charge in [-0.1, -0.05) is 78.9 Å². The zero-order valence-electron chi connectivity index (χ0n) is 14.7. The summed E-state index contributed by atoms with van der Waals surface area (Å²) in [5, 5.41) is 0. The van der Waals surface area contributed by atoms with Gasteiger partial charge in [0.25, 0.3) is 8.32 Å². The van der Waals surface area contributed by atoms with E-state index in [4.69, 9.17) is 4.43 Å². The van der Waals surface area contributed by atoms with Gasteiger partial charge in [-0.25, -0.2) is 0 Å².